The number of amides is 1. The highest BCUT2D eigenvalue weighted by molar-refractivity contribution is 5.98. The van der Waals surface area contributed by atoms with E-state index in [9.17, 15) is 9.59 Å². The van der Waals surface area contributed by atoms with Crippen LogP contribution in [0.3, 0.4) is 0 Å². The van der Waals surface area contributed by atoms with Gasteiger partial charge in [-0.2, -0.15) is 0 Å². The van der Waals surface area contributed by atoms with Crippen molar-refractivity contribution in [3.63, 3.8) is 0 Å². The van der Waals surface area contributed by atoms with Gasteiger partial charge in [-0.3, -0.25) is 9.59 Å². The van der Waals surface area contributed by atoms with Crippen LogP contribution < -0.4 is 5.32 Å². The van der Waals surface area contributed by atoms with E-state index in [4.69, 9.17) is 4.74 Å². The first-order valence-corrected chi connectivity index (χ1v) is 8.49. The van der Waals surface area contributed by atoms with Crippen LogP contribution in [0.25, 0.3) is 0 Å². The first-order chi connectivity index (χ1) is 11.0. The lowest BCUT2D eigenvalue weighted by Gasteiger charge is -2.07. The Bertz CT molecular complexity index is 511. The van der Waals surface area contributed by atoms with E-state index in [1.165, 1.54) is 5.56 Å². The Hall–Kier alpha value is -1.68. The summed E-state index contributed by atoms with van der Waals surface area (Å²) in [5.41, 5.74) is 2.95. The zero-order valence-electron chi connectivity index (χ0n) is 14.6. The number of carbonyl (C=O) groups is 2. The van der Waals surface area contributed by atoms with Crippen molar-refractivity contribution in [2.45, 2.75) is 52.9 Å². The molecule has 0 aliphatic heterocycles. The average Bonchev–Trinajstić information content (AvgIpc) is 2.54. The number of carbonyl (C=O) groups excluding carboxylic acids is 2. The van der Waals surface area contributed by atoms with Crippen LogP contribution in [0.5, 0.6) is 0 Å². The second-order valence-electron chi connectivity index (χ2n) is 5.89. The van der Waals surface area contributed by atoms with E-state index < -0.39 is 0 Å². The SMILES string of the molecule is CCCCOCCCNC(=O)CCC(=O)c1ccc(C)c(C)c1. The second kappa shape index (κ2) is 10.9. The maximum atomic E-state index is 12.1. The molecule has 0 fully saturated rings. The first-order valence-electron chi connectivity index (χ1n) is 8.49. The summed E-state index contributed by atoms with van der Waals surface area (Å²) < 4.78 is 5.43. The van der Waals surface area contributed by atoms with Crippen LogP contribution in [0, 0.1) is 13.8 Å². The van der Waals surface area contributed by atoms with Gasteiger partial charge in [-0.1, -0.05) is 25.5 Å². The lowest BCUT2D eigenvalue weighted by molar-refractivity contribution is -0.121. The molecule has 0 aliphatic carbocycles. The van der Waals surface area contributed by atoms with Crippen molar-refractivity contribution >= 4 is 11.7 Å². The molecule has 4 heteroatoms. The first kappa shape index (κ1) is 19.4. The summed E-state index contributed by atoms with van der Waals surface area (Å²) in [6.07, 6.45) is 3.50. The van der Waals surface area contributed by atoms with Crippen molar-refractivity contribution in [2.75, 3.05) is 19.8 Å². The van der Waals surface area contributed by atoms with Gasteiger partial charge in [0, 0.05) is 38.2 Å². The van der Waals surface area contributed by atoms with Crippen molar-refractivity contribution in [1.29, 1.82) is 0 Å². The summed E-state index contributed by atoms with van der Waals surface area (Å²) in [5.74, 6) is -0.0538. The van der Waals surface area contributed by atoms with Crippen molar-refractivity contribution in [3.05, 3.63) is 34.9 Å². The number of Topliss-reactive ketones (excluding diaryl/α,β-unsaturated/α-hetero) is 1. The van der Waals surface area contributed by atoms with E-state index >= 15 is 0 Å². The predicted octanol–water partition coefficient (Wildman–Crippen LogP) is 3.59. The Labute approximate surface area is 139 Å². The summed E-state index contributed by atoms with van der Waals surface area (Å²) >= 11 is 0. The van der Waals surface area contributed by atoms with E-state index in [0.717, 1.165) is 31.4 Å². The third-order valence-electron chi connectivity index (χ3n) is 3.84. The third-order valence-corrected chi connectivity index (χ3v) is 3.84. The van der Waals surface area contributed by atoms with Crippen LogP contribution in [0.1, 0.15) is 60.5 Å². The quantitative estimate of drug-likeness (QED) is 0.501. The standard InChI is InChI=1S/C19H29NO3/c1-4-5-12-23-13-6-11-20-19(22)10-9-18(21)17-8-7-15(2)16(3)14-17/h7-8,14H,4-6,9-13H2,1-3H3,(H,20,22). The Kier molecular flexibility index (Phi) is 9.22. The van der Waals surface area contributed by atoms with Crippen LogP contribution in [0.15, 0.2) is 18.2 Å². The van der Waals surface area contributed by atoms with Gasteiger partial charge in [0.15, 0.2) is 5.78 Å². The van der Waals surface area contributed by atoms with Gasteiger partial charge < -0.3 is 10.1 Å². The number of rotatable bonds is 11. The molecule has 1 aromatic rings. The summed E-state index contributed by atoms with van der Waals surface area (Å²) in [6.45, 7) is 8.19. The van der Waals surface area contributed by atoms with Crippen LogP contribution >= 0.6 is 0 Å². The minimum Gasteiger partial charge on any atom is -0.381 e. The summed E-state index contributed by atoms with van der Waals surface area (Å²) in [7, 11) is 0. The number of hydrogen-bond acceptors (Lipinski definition) is 3. The van der Waals surface area contributed by atoms with Gasteiger partial charge in [-0.25, -0.2) is 0 Å². The minimum atomic E-state index is -0.0734. The zero-order chi connectivity index (χ0) is 17.1. The minimum absolute atomic E-state index is 0.0196. The van der Waals surface area contributed by atoms with Crippen molar-refractivity contribution in [2.24, 2.45) is 0 Å². The number of hydrogen-bond donors (Lipinski definition) is 1. The smallest absolute Gasteiger partial charge is 0.220 e. The van der Waals surface area contributed by atoms with Crippen molar-refractivity contribution < 1.29 is 14.3 Å². The Morgan fingerprint density at radius 3 is 2.48 bits per heavy atom. The largest absolute Gasteiger partial charge is 0.381 e. The zero-order valence-corrected chi connectivity index (χ0v) is 14.6. The molecule has 1 aromatic carbocycles. The molecule has 1 amide bonds. The summed E-state index contributed by atoms with van der Waals surface area (Å²) in [6, 6.07) is 5.67. The topological polar surface area (TPSA) is 55.4 Å². The number of unbranched alkanes of at least 4 members (excludes halogenated alkanes) is 1. The van der Waals surface area contributed by atoms with Crippen LogP contribution in [0.2, 0.25) is 0 Å². The molecule has 1 rings (SSSR count). The molecule has 0 saturated heterocycles. The predicted molar refractivity (Wildman–Crippen MR) is 92.8 cm³/mol. The number of ketones is 1. The Morgan fingerprint density at radius 2 is 1.78 bits per heavy atom. The van der Waals surface area contributed by atoms with Crippen LogP contribution in [0.4, 0.5) is 0 Å². The van der Waals surface area contributed by atoms with E-state index in [0.29, 0.717) is 18.7 Å². The highest BCUT2D eigenvalue weighted by Crippen LogP contribution is 2.12. The van der Waals surface area contributed by atoms with Crippen molar-refractivity contribution in [1.82, 2.24) is 5.32 Å². The molecule has 0 unspecified atom stereocenters. The molecule has 0 bridgehead atoms. The van der Waals surface area contributed by atoms with Crippen LogP contribution in [-0.2, 0) is 9.53 Å². The fourth-order valence-corrected chi connectivity index (χ4v) is 2.13. The number of benzene rings is 1. The molecule has 0 spiro atoms. The highest BCUT2D eigenvalue weighted by atomic mass is 16.5. The summed E-state index contributed by atoms with van der Waals surface area (Å²) in [5, 5.41) is 2.83. The van der Waals surface area contributed by atoms with E-state index in [1.54, 1.807) is 0 Å². The molecule has 4 nitrogen and oxygen atoms in total. The van der Waals surface area contributed by atoms with Gasteiger partial charge in [0.1, 0.15) is 0 Å². The van der Waals surface area contributed by atoms with Gasteiger partial charge in [0.05, 0.1) is 0 Å². The van der Waals surface area contributed by atoms with Gasteiger partial charge in [0.2, 0.25) is 5.91 Å². The maximum absolute atomic E-state index is 12.1. The highest BCUT2D eigenvalue weighted by Gasteiger charge is 2.09. The van der Waals surface area contributed by atoms with E-state index in [2.05, 4.69) is 12.2 Å². The number of ether oxygens (including phenoxy) is 1. The lowest BCUT2D eigenvalue weighted by atomic mass is 10.0. The third kappa shape index (κ3) is 7.93. The molecule has 0 atom stereocenters. The van der Waals surface area contributed by atoms with E-state index in [1.807, 2.05) is 32.0 Å². The monoisotopic (exact) mass is 319 g/mol. The normalized spacial score (nSPS) is 10.6. The molecular formula is C19H29NO3. The molecule has 1 N–H and O–H groups in total. The molecule has 128 valence electrons. The van der Waals surface area contributed by atoms with Gasteiger partial charge in [0.25, 0.3) is 0 Å². The number of nitrogens with one attached hydrogen (secondary N) is 1. The second-order valence-corrected chi connectivity index (χ2v) is 5.89. The molecule has 0 heterocycles. The van der Waals surface area contributed by atoms with Crippen molar-refractivity contribution in [3.8, 4) is 0 Å². The molecule has 23 heavy (non-hydrogen) atoms. The lowest BCUT2D eigenvalue weighted by Crippen LogP contribution is -2.25. The molecule has 0 aromatic heterocycles. The molecule has 0 aliphatic rings. The van der Waals surface area contributed by atoms with Gasteiger partial charge >= 0.3 is 0 Å². The van der Waals surface area contributed by atoms with Crippen LogP contribution in [-0.4, -0.2) is 31.4 Å². The number of aryl methyl sites for hydroxylation is 2. The molecule has 0 saturated carbocycles. The molecule has 0 radical (unpaired) electrons. The van der Waals surface area contributed by atoms with Gasteiger partial charge in [-0.05, 0) is 43.9 Å². The van der Waals surface area contributed by atoms with Gasteiger partial charge in [-0.15, -0.1) is 0 Å². The van der Waals surface area contributed by atoms with E-state index in [-0.39, 0.29) is 24.5 Å². The fourth-order valence-electron chi connectivity index (χ4n) is 2.13. The maximum Gasteiger partial charge on any atom is 0.220 e. The molecular weight excluding hydrogens is 290 g/mol. The average molecular weight is 319 g/mol. The summed E-state index contributed by atoms with van der Waals surface area (Å²) in [4.78, 5) is 23.8. The Balaban J connectivity index is 2.17. The Morgan fingerprint density at radius 1 is 1.04 bits per heavy atom. The fraction of sp³-hybridized carbons (Fsp3) is 0.579.